The SMILES string of the molecule is Cn1c(Cl)c(Cl)c(C#N)c1-c1ccc(Cl)c(Cl)c1. The molecule has 6 heteroatoms. The number of hydrogen-bond acceptors (Lipinski definition) is 1. The zero-order valence-electron chi connectivity index (χ0n) is 9.14. The topological polar surface area (TPSA) is 28.7 Å². The molecule has 0 spiro atoms. The van der Waals surface area contributed by atoms with Gasteiger partial charge < -0.3 is 4.57 Å². The highest BCUT2D eigenvalue weighted by atomic mass is 35.5. The van der Waals surface area contributed by atoms with E-state index in [9.17, 15) is 0 Å². The normalized spacial score (nSPS) is 10.4. The molecule has 0 unspecified atom stereocenters. The Morgan fingerprint density at radius 1 is 1.11 bits per heavy atom. The van der Waals surface area contributed by atoms with E-state index >= 15 is 0 Å². The number of hydrogen-bond donors (Lipinski definition) is 0. The van der Waals surface area contributed by atoms with Gasteiger partial charge in [0, 0.05) is 12.6 Å². The van der Waals surface area contributed by atoms with Gasteiger partial charge in [0.2, 0.25) is 0 Å². The number of rotatable bonds is 1. The van der Waals surface area contributed by atoms with E-state index in [0.717, 1.165) is 5.56 Å². The van der Waals surface area contributed by atoms with Crippen LogP contribution in [0.3, 0.4) is 0 Å². The van der Waals surface area contributed by atoms with E-state index < -0.39 is 0 Å². The Labute approximate surface area is 124 Å². The van der Waals surface area contributed by atoms with Crippen molar-refractivity contribution in [3.05, 3.63) is 44.0 Å². The van der Waals surface area contributed by atoms with E-state index in [0.29, 0.717) is 26.5 Å². The minimum Gasteiger partial charge on any atom is -0.332 e. The van der Waals surface area contributed by atoms with Gasteiger partial charge >= 0.3 is 0 Å². The van der Waals surface area contributed by atoms with Crippen LogP contribution in [0.5, 0.6) is 0 Å². The van der Waals surface area contributed by atoms with E-state index in [1.165, 1.54) is 0 Å². The van der Waals surface area contributed by atoms with E-state index in [1.807, 2.05) is 6.07 Å². The van der Waals surface area contributed by atoms with Crippen LogP contribution in [0, 0.1) is 11.3 Å². The van der Waals surface area contributed by atoms with Crippen molar-refractivity contribution >= 4 is 46.4 Å². The monoisotopic (exact) mass is 318 g/mol. The molecule has 2 nitrogen and oxygen atoms in total. The molecule has 0 atom stereocenters. The molecule has 1 aromatic heterocycles. The van der Waals surface area contributed by atoms with Gasteiger partial charge in [-0.1, -0.05) is 52.5 Å². The molecule has 0 saturated carbocycles. The van der Waals surface area contributed by atoms with Gasteiger partial charge in [0.1, 0.15) is 11.2 Å². The molecule has 0 N–H and O–H groups in total. The quantitative estimate of drug-likeness (QED) is 0.712. The molecule has 92 valence electrons. The molecule has 2 rings (SSSR count). The molecule has 0 amide bonds. The average molecular weight is 320 g/mol. The van der Waals surface area contributed by atoms with Gasteiger partial charge in [0.15, 0.2) is 0 Å². The summed E-state index contributed by atoms with van der Waals surface area (Å²) in [5.74, 6) is 0. The standard InChI is InChI=1S/C12H6Cl4N2/c1-18-11(7(5-17)10(15)12(18)16)6-2-3-8(13)9(14)4-6/h2-4H,1H3. The molecule has 0 radical (unpaired) electrons. The smallest absolute Gasteiger partial charge is 0.129 e. The molecular weight excluding hydrogens is 314 g/mol. The van der Waals surface area contributed by atoms with Gasteiger partial charge in [-0.2, -0.15) is 5.26 Å². The van der Waals surface area contributed by atoms with Crippen molar-refractivity contribution in [1.29, 1.82) is 5.26 Å². The molecule has 1 aromatic carbocycles. The maximum absolute atomic E-state index is 9.16. The predicted molar refractivity (Wildman–Crippen MR) is 75.6 cm³/mol. The largest absolute Gasteiger partial charge is 0.332 e. The summed E-state index contributed by atoms with van der Waals surface area (Å²) in [6, 6.07) is 7.14. The lowest BCUT2D eigenvalue weighted by molar-refractivity contribution is 0.937. The minimum absolute atomic E-state index is 0.239. The molecule has 2 aromatic rings. The van der Waals surface area contributed by atoms with Gasteiger partial charge in [-0.05, 0) is 12.1 Å². The zero-order valence-corrected chi connectivity index (χ0v) is 12.2. The van der Waals surface area contributed by atoms with E-state index in [1.54, 1.807) is 29.8 Å². The van der Waals surface area contributed by atoms with Crippen LogP contribution < -0.4 is 0 Å². The molecule has 0 fully saturated rings. The third-order valence-corrected chi connectivity index (χ3v) is 4.22. The number of nitrogens with zero attached hydrogens (tertiary/aromatic N) is 2. The third kappa shape index (κ3) is 2.08. The van der Waals surface area contributed by atoms with E-state index in [-0.39, 0.29) is 5.02 Å². The number of benzene rings is 1. The van der Waals surface area contributed by atoms with Crippen LogP contribution in [0.25, 0.3) is 11.3 Å². The summed E-state index contributed by atoms with van der Waals surface area (Å²) in [6.45, 7) is 0. The molecule has 18 heavy (non-hydrogen) atoms. The molecular formula is C12H6Cl4N2. The first-order chi connectivity index (χ1) is 8.47. The van der Waals surface area contributed by atoms with Gasteiger partial charge in [0.25, 0.3) is 0 Å². The van der Waals surface area contributed by atoms with Crippen LogP contribution in [0.1, 0.15) is 5.56 Å². The lowest BCUT2D eigenvalue weighted by Gasteiger charge is -2.06. The molecule has 0 aliphatic rings. The maximum Gasteiger partial charge on any atom is 0.129 e. The van der Waals surface area contributed by atoms with Gasteiger partial charge in [-0.15, -0.1) is 0 Å². The van der Waals surface area contributed by atoms with Gasteiger partial charge in [-0.3, -0.25) is 0 Å². The first-order valence-electron chi connectivity index (χ1n) is 4.86. The van der Waals surface area contributed by atoms with Crippen molar-refractivity contribution in [3.8, 4) is 17.3 Å². The Morgan fingerprint density at radius 3 is 2.33 bits per heavy atom. The van der Waals surface area contributed by atoms with Crippen molar-refractivity contribution < 1.29 is 0 Å². The molecule has 0 saturated heterocycles. The average Bonchev–Trinajstić information content (AvgIpc) is 2.57. The Hall–Kier alpha value is -0.850. The van der Waals surface area contributed by atoms with Crippen molar-refractivity contribution in [2.75, 3.05) is 0 Å². The second-order valence-corrected chi connectivity index (χ2v) is 5.18. The number of aromatic nitrogens is 1. The number of halogens is 4. The lowest BCUT2D eigenvalue weighted by Crippen LogP contribution is -1.93. The summed E-state index contributed by atoms with van der Waals surface area (Å²) in [4.78, 5) is 0. The lowest BCUT2D eigenvalue weighted by atomic mass is 10.1. The minimum atomic E-state index is 0.239. The third-order valence-electron chi connectivity index (χ3n) is 2.57. The Morgan fingerprint density at radius 2 is 1.78 bits per heavy atom. The first kappa shape index (κ1) is 13.6. The summed E-state index contributed by atoms with van der Waals surface area (Å²) in [7, 11) is 1.73. The Kier molecular flexibility index (Phi) is 3.79. The van der Waals surface area contributed by atoms with Crippen LogP contribution in [0.2, 0.25) is 20.2 Å². The highest BCUT2D eigenvalue weighted by Crippen LogP contribution is 2.38. The fraction of sp³-hybridized carbons (Fsp3) is 0.0833. The van der Waals surface area contributed by atoms with Gasteiger partial charge in [-0.25, -0.2) is 0 Å². The van der Waals surface area contributed by atoms with Crippen molar-refractivity contribution in [3.63, 3.8) is 0 Å². The van der Waals surface area contributed by atoms with Crippen LogP contribution in [0.15, 0.2) is 18.2 Å². The summed E-state index contributed by atoms with van der Waals surface area (Å²) in [6.07, 6.45) is 0. The molecule has 0 aliphatic carbocycles. The van der Waals surface area contributed by atoms with Crippen LogP contribution in [-0.2, 0) is 7.05 Å². The van der Waals surface area contributed by atoms with Crippen LogP contribution in [0.4, 0.5) is 0 Å². The highest BCUT2D eigenvalue weighted by molar-refractivity contribution is 6.43. The van der Waals surface area contributed by atoms with Crippen molar-refractivity contribution in [1.82, 2.24) is 4.57 Å². The summed E-state index contributed by atoms with van der Waals surface area (Å²) in [5.41, 5.74) is 1.67. The zero-order chi connectivity index (χ0) is 13.4. The summed E-state index contributed by atoms with van der Waals surface area (Å²) < 4.78 is 1.64. The first-order valence-corrected chi connectivity index (χ1v) is 6.37. The fourth-order valence-corrected chi connectivity index (χ4v) is 2.44. The highest BCUT2D eigenvalue weighted by Gasteiger charge is 2.20. The van der Waals surface area contributed by atoms with Crippen molar-refractivity contribution in [2.24, 2.45) is 7.05 Å². The molecule has 1 heterocycles. The fourth-order valence-electron chi connectivity index (χ4n) is 1.70. The summed E-state index contributed by atoms with van der Waals surface area (Å²) >= 11 is 23.9. The Balaban J connectivity index is 2.75. The van der Waals surface area contributed by atoms with E-state index in [2.05, 4.69) is 0 Å². The predicted octanol–water partition coefficient (Wildman–Crippen LogP) is 5.18. The molecule has 0 aliphatic heterocycles. The van der Waals surface area contributed by atoms with Gasteiger partial charge in [0.05, 0.1) is 26.3 Å². The van der Waals surface area contributed by atoms with Crippen molar-refractivity contribution in [2.45, 2.75) is 0 Å². The summed E-state index contributed by atoms with van der Waals surface area (Å²) in [5, 5.41) is 10.6. The maximum atomic E-state index is 9.16. The second kappa shape index (κ2) is 5.03. The number of nitriles is 1. The Bertz CT molecular complexity index is 668. The van der Waals surface area contributed by atoms with Crippen LogP contribution in [-0.4, -0.2) is 4.57 Å². The van der Waals surface area contributed by atoms with Crippen LogP contribution >= 0.6 is 46.4 Å². The van der Waals surface area contributed by atoms with E-state index in [4.69, 9.17) is 51.7 Å². The second-order valence-electron chi connectivity index (χ2n) is 3.63. The molecule has 0 bridgehead atoms.